The van der Waals surface area contributed by atoms with Gasteiger partial charge in [0.05, 0.1) is 0 Å². The van der Waals surface area contributed by atoms with Crippen molar-refractivity contribution in [3.05, 3.63) is 29.8 Å². The van der Waals surface area contributed by atoms with E-state index in [1.54, 1.807) is 5.56 Å². The summed E-state index contributed by atoms with van der Waals surface area (Å²) in [5.41, 5.74) is 3.95. The summed E-state index contributed by atoms with van der Waals surface area (Å²) in [6, 6.07) is 9.35. The van der Waals surface area contributed by atoms with Crippen molar-refractivity contribution >= 4 is 5.69 Å². The summed E-state index contributed by atoms with van der Waals surface area (Å²) in [5, 5.41) is 0. The van der Waals surface area contributed by atoms with Crippen LogP contribution in [0.2, 0.25) is 0 Å². The zero-order chi connectivity index (χ0) is 19.1. The van der Waals surface area contributed by atoms with Crippen molar-refractivity contribution < 1.29 is 0 Å². The van der Waals surface area contributed by atoms with Crippen LogP contribution in [-0.4, -0.2) is 37.6 Å². The Kier molecular flexibility index (Phi) is 5.31. The summed E-state index contributed by atoms with van der Waals surface area (Å²) >= 11 is 0. The van der Waals surface area contributed by atoms with Gasteiger partial charge in [-0.3, -0.25) is 4.90 Å². The maximum Gasteiger partial charge on any atom is 0.0405 e. The molecule has 3 aliphatic rings. The molecule has 1 heterocycles. The molecule has 1 aliphatic heterocycles. The van der Waals surface area contributed by atoms with Gasteiger partial charge in [0.15, 0.2) is 0 Å². The van der Waals surface area contributed by atoms with Crippen LogP contribution >= 0.6 is 0 Å². The first-order chi connectivity index (χ1) is 12.9. The van der Waals surface area contributed by atoms with Gasteiger partial charge in [0.25, 0.3) is 0 Å². The van der Waals surface area contributed by atoms with E-state index >= 15 is 0 Å². The molecule has 150 valence electrons. The van der Waals surface area contributed by atoms with E-state index < -0.39 is 0 Å². The van der Waals surface area contributed by atoms with Crippen molar-refractivity contribution in [2.24, 2.45) is 17.3 Å². The summed E-state index contributed by atoms with van der Waals surface area (Å²) in [6.45, 7) is 16.1. The Morgan fingerprint density at radius 1 is 0.963 bits per heavy atom. The van der Waals surface area contributed by atoms with Gasteiger partial charge in [-0.25, -0.2) is 0 Å². The lowest BCUT2D eigenvalue weighted by Gasteiger charge is -2.48. The molecule has 0 aromatic heterocycles. The molecule has 1 saturated heterocycles. The molecule has 2 heteroatoms. The van der Waals surface area contributed by atoms with Crippen LogP contribution in [0, 0.1) is 17.3 Å². The number of piperazine rings is 1. The smallest absolute Gasteiger partial charge is 0.0405 e. The van der Waals surface area contributed by atoms with Crippen molar-refractivity contribution in [3.8, 4) is 0 Å². The number of hydrogen-bond acceptors (Lipinski definition) is 2. The standard InChI is InChI=1S/C25H40N2/c1-20-19-24(2,3)12-13-25(20,4)22-7-5-6-8-23(22)27-17-15-26(16-18-27)14-11-21-9-10-21/h5-8,20-21H,9-19H2,1-4H3. The molecule has 4 rings (SSSR count). The molecule has 0 N–H and O–H groups in total. The quantitative estimate of drug-likeness (QED) is 0.656. The second-order valence-corrected chi connectivity index (χ2v) is 10.8. The largest absolute Gasteiger partial charge is 0.369 e. The lowest BCUT2D eigenvalue weighted by molar-refractivity contribution is 0.109. The van der Waals surface area contributed by atoms with Crippen LogP contribution in [0.1, 0.15) is 71.8 Å². The van der Waals surface area contributed by atoms with E-state index in [9.17, 15) is 0 Å². The van der Waals surface area contributed by atoms with Gasteiger partial charge in [0.2, 0.25) is 0 Å². The van der Waals surface area contributed by atoms with Crippen LogP contribution in [0.5, 0.6) is 0 Å². The second-order valence-electron chi connectivity index (χ2n) is 10.8. The second kappa shape index (κ2) is 7.43. The van der Waals surface area contributed by atoms with E-state index in [4.69, 9.17) is 0 Å². The van der Waals surface area contributed by atoms with E-state index in [0.29, 0.717) is 10.8 Å². The molecular formula is C25H40N2. The molecule has 0 bridgehead atoms. The Labute approximate surface area is 167 Å². The fraction of sp³-hybridized carbons (Fsp3) is 0.760. The molecule has 2 atom stereocenters. The molecule has 1 aromatic carbocycles. The van der Waals surface area contributed by atoms with Crippen LogP contribution in [0.4, 0.5) is 5.69 Å². The first-order valence-corrected chi connectivity index (χ1v) is 11.4. The number of anilines is 1. The Bertz CT molecular complexity index is 639. The molecule has 1 aromatic rings. The molecule has 2 unspecified atom stereocenters. The molecule has 0 spiro atoms. The molecule has 2 saturated carbocycles. The third-order valence-electron chi connectivity index (χ3n) is 8.05. The Hall–Kier alpha value is -1.02. The number of hydrogen-bond donors (Lipinski definition) is 0. The van der Waals surface area contributed by atoms with Crippen LogP contribution in [0.15, 0.2) is 24.3 Å². The number of nitrogens with zero attached hydrogens (tertiary/aromatic N) is 2. The maximum atomic E-state index is 2.70. The number of rotatable bonds is 5. The molecule has 0 radical (unpaired) electrons. The summed E-state index contributed by atoms with van der Waals surface area (Å²) in [5.74, 6) is 1.79. The average Bonchev–Trinajstić information content (AvgIpc) is 3.48. The van der Waals surface area contributed by atoms with Crippen molar-refractivity contribution in [2.45, 2.75) is 71.6 Å². The third-order valence-corrected chi connectivity index (χ3v) is 8.05. The molecule has 2 nitrogen and oxygen atoms in total. The fourth-order valence-corrected chi connectivity index (χ4v) is 5.62. The zero-order valence-electron chi connectivity index (χ0n) is 18.1. The van der Waals surface area contributed by atoms with Crippen LogP contribution in [-0.2, 0) is 5.41 Å². The Balaban J connectivity index is 1.47. The highest BCUT2D eigenvalue weighted by Gasteiger charge is 2.43. The van der Waals surface area contributed by atoms with Crippen LogP contribution in [0.3, 0.4) is 0 Å². The highest BCUT2D eigenvalue weighted by atomic mass is 15.3. The van der Waals surface area contributed by atoms with E-state index in [2.05, 4.69) is 61.8 Å². The van der Waals surface area contributed by atoms with E-state index in [-0.39, 0.29) is 0 Å². The Morgan fingerprint density at radius 2 is 1.67 bits per heavy atom. The lowest BCUT2D eigenvalue weighted by atomic mass is 9.58. The van der Waals surface area contributed by atoms with E-state index in [1.165, 1.54) is 76.9 Å². The third kappa shape index (κ3) is 4.21. The highest BCUT2D eigenvalue weighted by Crippen LogP contribution is 2.52. The molecule has 2 aliphatic carbocycles. The number of benzene rings is 1. The fourth-order valence-electron chi connectivity index (χ4n) is 5.62. The van der Waals surface area contributed by atoms with Crippen molar-refractivity contribution in [1.29, 1.82) is 0 Å². The summed E-state index contributed by atoms with van der Waals surface area (Å²) in [6.07, 6.45) is 8.41. The summed E-state index contributed by atoms with van der Waals surface area (Å²) in [7, 11) is 0. The van der Waals surface area contributed by atoms with Gasteiger partial charge in [-0.2, -0.15) is 0 Å². The first kappa shape index (κ1) is 19.3. The van der Waals surface area contributed by atoms with Crippen molar-refractivity contribution in [3.63, 3.8) is 0 Å². The SMILES string of the molecule is CC1CC(C)(C)CCC1(C)c1ccccc1N1CCN(CCC2CC2)CC1. The van der Waals surface area contributed by atoms with Gasteiger partial charge in [0, 0.05) is 31.9 Å². The minimum absolute atomic E-state index is 0.315. The highest BCUT2D eigenvalue weighted by molar-refractivity contribution is 5.57. The van der Waals surface area contributed by atoms with Gasteiger partial charge < -0.3 is 4.90 Å². The van der Waals surface area contributed by atoms with Gasteiger partial charge >= 0.3 is 0 Å². The summed E-state index contributed by atoms with van der Waals surface area (Å²) in [4.78, 5) is 5.38. The van der Waals surface area contributed by atoms with Crippen molar-refractivity contribution in [1.82, 2.24) is 4.90 Å². The molecule has 27 heavy (non-hydrogen) atoms. The maximum absolute atomic E-state index is 2.70. The average molecular weight is 369 g/mol. The molecular weight excluding hydrogens is 328 g/mol. The summed E-state index contributed by atoms with van der Waals surface area (Å²) < 4.78 is 0. The van der Waals surface area contributed by atoms with Crippen molar-refractivity contribution in [2.75, 3.05) is 37.6 Å². The molecule has 0 amide bonds. The van der Waals surface area contributed by atoms with E-state index in [0.717, 1.165) is 11.8 Å². The predicted octanol–water partition coefficient (Wildman–Crippen LogP) is 5.71. The monoisotopic (exact) mass is 368 g/mol. The van der Waals surface area contributed by atoms with E-state index in [1.807, 2.05) is 0 Å². The molecule has 3 fully saturated rings. The predicted molar refractivity (Wildman–Crippen MR) is 117 cm³/mol. The topological polar surface area (TPSA) is 6.48 Å². The number of para-hydroxylation sites is 1. The Morgan fingerprint density at radius 3 is 2.33 bits per heavy atom. The van der Waals surface area contributed by atoms with Gasteiger partial charge in [-0.15, -0.1) is 0 Å². The zero-order valence-corrected chi connectivity index (χ0v) is 18.1. The van der Waals surface area contributed by atoms with Gasteiger partial charge in [0.1, 0.15) is 0 Å². The van der Waals surface area contributed by atoms with Crippen LogP contribution < -0.4 is 4.90 Å². The lowest BCUT2D eigenvalue weighted by Crippen LogP contribution is -2.48. The van der Waals surface area contributed by atoms with Gasteiger partial charge in [-0.05, 0) is 66.5 Å². The first-order valence-electron chi connectivity index (χ1n) is 11.4. The minimum Gasteiger partial charge on any atom is -0.369 e. The minimum atomic E-state index is 0.315. The van der Waals surface area contributed by atoms with Gasteiger partial charge in [-0.1, -0.05) is 58.7 Å². The van der Waals surface area contributed by atoms with Crippen LogP contribution in [0.25, 0.3) is 0 Å². The normalized spacial score (nSPS) is 31.9.